The van der Waals surface area contributed by atoms with E-state index in [-0.39, 0.29) is 27.3 Å². The van der Waals surface area contributed by atoms with Gasteiger partial charge in [-0.3, -0.25) is 18.7 Å². The molecule has 7 heteroatoms. The van der Waals surface area contributed by atoms with Crippen molar-refractivity contribution in [2.24, 2.45) is 0 Å². The summed E-state index contributed by atoms with van der Waals surface area (Å²) in [6, 6.07) is 12.4. The zero-order valence-corrected chi connectivity index (χ0v) is 23.7. The van der Waals surface area contributed by atoms with Gasteiger partial charge in [-0.25, -0.2) is 4.85 Å². The Balaban J connectivity index is 1.39. The van der Waals surface area contributed by atoms with Gasteiger partial charge in [0.1, 0.15) is 0 Å². The van der Waals surface area contributed by atoms with Crippen molar-refractivity contribution in [2.75, 3.05) is 6.54 Å². The number of nitrogens with zero attached hydrogens (tertiary/aromatic N) is 3. The van der Waals surface area contributed by atoms with Gasteiger partial charge >= 0.3 is 0 Å². The minimum Gasteiger partial charge on any atom is -0.274 e. The van der Waals surface area contributed by atoms with Gasteiger partial charge in [-0.2, -0.15) is 5.26 Å². The summed E-state index contributed by atoms with van der Waals surface area (Å²) < 4.78 is 13.7. The zero-order chi connectivity index (χ0) is 28.2. The summed E-state index contributed by atoms with van der Waals surface area (Å²) in [5.74, 6) is -0.861. The quantitative estimate of drug-likeness (QED) is 0.101. The summed E-state index contributed by atoms with van der Waals surface area (Å²) in [7, 11) is -1.68. The zero-order valence-electron chi connectivity index (χ0n) is 22.9. The van der Waals surface area contributed by atoms with E-state index in [1.807, 2.05) is 0 Å². The first-order valence-corrected chi connectivity index (χ1v) is 15.5. The van der Waals surface area contributed by atoms with Crippen LogP contribution in [0.25, 0.3) is 26.7 Å². The number of unbranched alkanes of at least 4 members (excludes halogenated alkanes) is 10. The number of carbonyl (C=O) groups excluding carboxylic acids is 2. The monoisotopic (exact) mass is 551 g/mol. The molecule has 0 saturated heterocycles. The van der Waals surface area contributed by atoms with Gasteiger partial charge < -0.3 is 0 Å². The summed E-state index contributed by atoms with van der Waals surface area (Å²) in [4.78, 5) is 33.0. The molecule has 3 aromatic carbocycles. The van der Waals surface area contributed by atoms with E-state index < -0.39 is 22.6 Å². The minimum absolute atomic E-state index is 0.120. The lowest BCUT2D eigenvalue weighted by atomic mass is 9.85. The van der Waals surface area contributed by atoms with Crippen molar-refractivity contribution in [3.63, 3.8) is 0 Å². The van der Waals surface area contributed by atoms with Crippen LogP contribution in [-0.2, 0) is 10.8 Å². The van der Waals surface area contributed by atoms with Gasteiger partial charge in [0.05, 0.1) is 38.8 Å². The Labute approximate surface area is 238 Å². The molecule has 3 aromatic rings. The molecular weight excluding hydrogens is 518 g/mol. The first kappa shape index (κ1) is 27.7. The summed E-state index contributed by atoms with van der Waals surface area (Å²) in [5, 5.41) is 10.9. The largest absolute Gasteiger partial charge is 0.274 e. The fourth-order valence-electron chi connectivity index (χ4n) is 6.03. The van der Waals surface area contributed by atoms with Crippen LogP contribution < -0.4 is 0 Å². The van der Waals surface area contributed by atoms with Crippen molar-refractivity contribution in [1.29, 1.82) is 5.26 Å². The molecule has 0 aromatic heterocycles. The predicted molar refractivity (Wildman–Crippen MR) is 157 cm³/mol. The number of fused-ring (bicyclic) bond motifs is 2. The molecule has 0 saturated carbocycles. The number of benzene rings is 3. The highest BCUT2D eigenvalue weighted by molar-refractivity contribution is 7.85. The summed E-state index contributed by atoms with van der Waals surface area (Å²) >= 11 is 0. The first-order chi connectivity index (χ1) is 19.5. The summed E-state index contributed by atoms with van der Waals surface area (Å²) in [6.45, 7) is 10.3. The van der Waals surface area contributed by atoms with Crippen LogP contribution in [0.15, 0.2) is 46.2 Å². The molecule has 2 heterocycles. The third-order valence-corrected chi connectivity index (χ3v) is 9.60. The Morgan fingerprint density at radius 2 is 1.45 bits per heavy atom. The molecule has 40 heavy (non-hydrogen) atoms. The van der Waals surface area contributed by atoms with Gasteiger partial charge in [0, 0.05) is 34.2 Å². The molecule has 204 valence electrons. The van der Waals surface area contributed by atoms with Gasteiger partial charge in [0.2, 0.25) is 5.69 Å². The molecule has 0 N–H and O–H groups in total. The van der Waals surface area contributed by atoms with Gasteiger partial charge in [0.15, 0.2) is 0 Å². The Morgan fingerprint density at radius 3 is 2.08 bits per heavy atom. The molecule has 0 bridgehead atoms. The van der Waals surface area contributed by atoms with Crippen LogP contribution in [0, 0.1) is 17.9 Å². The fraction of sp³-hybridized carbons (Fsp3) is 0.394. The number of carbonyl (C=O) groups is 2. The van der Waals surface area contributed by atoms with E-state index in [1.54, 1.807) is 30.3 Å². The molecular formula is C33H33N3O3S. The number of rotatable bonds is 12. The van der Waals surface area contributed by atoms with Crippen LogP contribution in [-0.4, -0.2) is 27.5 Å². The van der Waals surface area contributed by atoms with E-state index in [1.165, 1.54) is 55.9 Å². The van der Waals surface area contributed by atoms with Crippen molar-refractivity contribution < 1.29 is 13.8 Å². The van der Waals surface area contributed by atoms with Crippen LogP contribution in [0.5, 0.6) is 0 Å². The van der Waals surface area contributed by atoms with Gasteiger partial charge in [-0.1, -0.05) is 89.3 Å². The van der Waals surface area contributed by atoms with E-state index in [0.29, 0.717) is 39.8 Å². The van der Waals surface area contributed by atoms with Gasteiger partial charge in [0.25, 0.3) is 11.8 Å². The van der Waals surface area contributed by atoms with Crippen LogP contribution in [0.1, 0.15) is 104 Å². The third-order valence-electron chi connectivity index (χ3n) is 8.06. The number of nitriles is 1. The molecule has 5 rings (SSSR count). The van der Waals surface area contributed by atoms with E-state index in [2.05, 4.69) is 17.8 Å². The van der Waals surface area contributed by atoms with Gasteiger partial charge in [-0.05, 0) is 30.0 Å². The minimum atomic E-state index is -1.68. The van der Waals surface area contributed by atoms with Crippen LogP contribution in [0.2, 0.25) is 0 Å². The number of amides is 2. The Morgan fingerprint density at radius 1 is 0.850 bits per heavy atom. The molecule has 0 aliphatic carbocycles. The van der Waals surface area contributed by atoms with E-state index >= 15 is 0 Å². The van der Waals surface area contributed by atoms with Crippen LogP contribution in [0.4, 0.5) is 5.69 Å². The molecule has 2 aliphatic heterocycles. The van der Waals surface area contributed by atoms with Crippen LogP contribution in [0.3, 0.4) is 0 Å². The SMILES string of the molecule is [C-]#[N+]c1cc2c3c(cc(C#N)c4c3c1S(=O)c1ccccc1-4)C(=O)N(CCCCCCCCCCCCC)C2=O. The lowest BCUT2D eigenvalue weighted by Gasteiger charge is -2.31. The van der Waals surface area contributed by atoms with Crippen molar-refractivity contribution in [1.82, 2.24) is 4.90 Å². The summed E-state index contributed by atoms with van der Waals surface area (Å²) in [6.07, 6.45) is 12.9. The van der Waals surface area contributed by atoms with Crippen LogP contribution >= 0.6 is 0 Å². The summed E-state index contributed by atoms with van der Waals surface area (Å²) in [5.41, 5.74) is 2.10. The molecule has 2 aliphatic rings. The van der Waals surface area contributed by atoms with Crippen molar-refractivity contribution >= 4 is 39.1 Å². The number of hydrogen-bond acceptors (Lipinski definition) is 4. The predicted octanol–water partition coefficient (Wildman–Crippen LogP) is 8.32. The highest BCUT2D eigenvalue weighted by atomic mass is 32.2. The van der Waals surface area contributed by atoms with Gasteiger partial charge in [-0.15, -0.1) is 0 Å². The number of imide groups is 1. The highest BCUT2D eigenvalue weighted by Gasteiger charge is 2.39. The number of hydrogen-bond donors (Lipinski definition) is 0. The van der Waals surface area contributed by atoms with E-state index in [9.17, 15) is 19.1 Å². The topological polar surface area (TPSA) is 82.6 Å². The standard InChI is InChI=1S/C33H33N3O3S/c1-3-4-5-6-7-8-9-10-11-12-15-18-36-32(37)24-19-22(21-34)28-23-16-13-14-17-27(23)40(39)31-26(35-2)20-25(33(36)38)29(24)30(28)31/h13-14,16-17,19-20H,3-12,15,18H2,1H3. The highest BCUT2D eigenvalue weighted by Crippen LogP contribution is 2.50. The average Bonchev–Trinajstić information content (AvgIpc) is 2.98. The molecule has 0 radical (unpaired) electrons. The van der Waals surface area contributed by atoms with Crippen molar-refractivity contribution in [3.8, 4) is 17.2 Å². The molecule has 1 atom stereocenters. The maximum Gasteiger partial charge on any atom is 0.261 e. The average molecular weight is 552 g/mol. The smallest absolute Gasteiger partial charge is 0.261 e. The lowest BCUT2D eigenvalue weighted by Crippen LogP contribution is -2.41. The second-order valence-electron chi connectivity index (χ2n) is 10.7. The van der Waals surface area contributed by atoms with Crippen molar-refractivity contribution in [3.05, 3.63) is 64.5 Å². The maximum atomic E-state index is 13.7. The Kier molecular flexibility index (Phi) is 8.43. The van der Waals surface area contributed by atoms with E-state index in [4.69, 9.17) is 6.57 Å². The lowest BCUT2D eigenvalue weighted by molar-refractivity contribution is 0.0607. The van der Waals surface area contributed by atoms with E-state index in [0.717, 1.165) is 19.3 Å². The fourth-order valence-corrected chi connectivity index (χ4v) is 7.51. The molecule has 0 spiro atoms. The molecule has 0 fully saturated rings. The third kappa shape index (κ3) is 4.84. The molecule has 2 amide bonds. The maximum absolute atomic E-state index is 13.7. The molecule has 1 unspecified atom stereocenters. The van der Waals surface area contributed by atoms with Crippen molar-refractivity contribution in [2.45, 2.75) is 87.3 Å². The normalized spacial score (nSPS) is 15.2. The second-order valence-corrected chi connectivity index (χ2v) is 12.0. The molecule has 6 nitrogen and oxygen atoms in total. The second kappa shape index (κ2) is 12.1. The Hall–Kier alpha value is -3.81. The Bertz CT molecular complexity index is 1590. The first-order valence-electron chi connectivity index (χ1n) is 14.4.